The lowest BCUT2D eigenvalue weighted by atomic mass is 10.0. The van der Waals surface area contributed by atoms with Gasteiger partial charge in [-0.2, -0.15) is 0 Å². The van der Waals surface area contributed by atoms with E-state index >= 15 is 0 Å². The zero-order valence-electron chi connectivity index (χ0n) is 9.21. The Balaban J connectivity index is 2.57. The molecule has 2 N–H and O–H groups in total. The Morgan fingerprint density at radius 1 is 1.06 bits per heavy atom. The molecule has 0 amide bonds. The van der Waals surface area contributed by atoms with E-state index in [-0.39, 0.29) is 5.56 Å². The predicted molar refractivity (Wildman–Crippen MR) is 62.8 cm³/mol. The first-order chi connectivity index (χ1) is 8.13. The molecule has 0 spiro atoms. The van der Waals surface area contributed by atoms with E-state index in [1.807, 2.05) is 0 Å². The molecule has 2 aromatic carbocycles. The highest BCUT2D eigenvalue weighted by Crippen LogP contribution is 2.31. The fraction of sp³-hybridized carbons (Fsp3) is 0.0769. The lowest BCUT2D eigenvalue weighted by Gasteiger charge is -2.08. The van der Waals surface area contributed by atoms with Crippen LogP contribution in [0.2, 0.25) is 0 Å². The molecule has 2 nitrogen and oxygen atoms in total. The molecule has 2 rings (SSSR count). The Kier molecular flexibility index (Phi) is 2.95. The third kappa shape index (κ3) is 2.06. The zero-order chi connectivity index (χ0) is 12.4. The number of halogens is 2. The van der Waals surface area contributed by atoms with Gasteiger partial charge in [0.05, 0.1) is 18.4 Å². The number of rotatable bonds is 2. The molecule has 0 aliphatic carbocycles. The van der Waals surface area contributed by atoms with Crippen molar-refractivity contribution in [3.8, 4) is 16.9 Å². The summed E-state index contributed by atoms with van der Waals surface area (Å²) in [7, 11) is 1.48. The van der Waals surface area contributed by atoms with Crippen molar-refractivity contribution in [3.63, 3.8) is 0 Å². The first-order valence-corrected chi connectivity index (χ1v) is 5.01. The van der Waals surface area contributed by atoms with E-state index in [1.54, 1.807) is 12.1 Å². The van der Waals surface area contributed by atoms with E-state index in [4.69, 9.17) is 10.5 Å². The van der Waals surface area contributed by atoms with Crippen LogP contribution in [0.25, 0.3) is 11.1 Å². The maximum atomic E-state index is 13.5. The smallest absolute Gasteiger partial charge is 0.141 e. The maximum absolute atomic E-state index is 13.5. The van der Waals surface area contributed by atoms with E-state index in [1.165, 1.54) is 31.4 Å². The second kappa shape index (κ2) is 4.41. The van der Waals surface area contributed by atoms with Crippen LogP contribution in [0, 0.1) is 11.6 Å². The molecule has 0 radical (unpaired) electrons. The number of methoxy groups -OCH3 is 1. The van der Waals surface area contributed by atoms with Gasteiger partial charge >= 0.3 is 0 Å². The lowest BCUT2D eigenvalue weighted by Crippen LogP contribution is -1.95. The molecule has 88 valence electrons. The van der Waals surface area contributed by atoms with Crippen LogP contribution < -0.4 is 10.5 Å². The Morgan fingerprint density at radius 3 is 2.24 bits per heavy atom. The van der Waals surface area contributed by atoms with Crippen molar-refractivity contribution in [2.24, 2.45) is 0 Å². The fourth-order valence-corrected chi connectivity index (χ4v) is 1.66. The number of hydrogen-bond acceptors (Lipinski definition) is 2. The monoisotopic (exact) mass is 235 g/mol. The summed E-state index contributed by atoms with van der Waals surface area (Å²) in [4.78, 5) is 0. The molecule has 0 atom stereocenters. The highest BCUT2D eigenvalue weighted by atomic mass is 19.1. The van der Waals surface area contributed by atoms with Crippen molar-refractivity contribution >= 4 is 5.69 Å². The van der Waals surface area contributed by atoms with Gasteiger partial charge in [0, 0.05) is 0 Å². The molecule has 2 aromatic rings. The molecular weight excluding hydrogens is 224 g/mol. The van der Waals surface area contributed by atoms with Crippen LogP contribution in [-0.2, 0) is 0 Å². The SMILES string of the molecule is COc1ccc(-c2c(F)cccc2F)cc1N. The molecule has 0 bridgehead atoms. The van der Waals surface area contributed by atoms with Gasteiger partial charge in [0.15, 0.2) is 0 Å². The molecule has 0 heterocycles. The summed E-state index contributed by atoms with van der Waals surface area (Å²) in [6, 6.07) is 8.37. The summed E-state index contributed by atoms with van der Waals surface area (Å²) in [6.45, 7) is 0. The van der Waals surface area contributed by atoms with Crippen LogP contribution in [0.15, 0.2) is 36.4 Å². The van der Waals surface area contributed by atoms with Gasteiger partial charge in [-0.25, -0.2) is 8.78 Å². The van der Waals surface area contributed by atoms with Gasteiger partial charge in [-0.3, -0.25) is 0 Å². The first-order valence-electron chi connectivity index (χ1n) is 5.01. The minimum absolute atomic E-state index is 0.0816. The third-order valence-corrected chi connectivity index (χ3v) is 2.48. The summed E-state index contributed by atoms with van der Waals surface area (Å²) >= 11 is 0. The van der Waals surface area contributed by atoms with Crippen molar-refractivity contribution < 1.29 is 13.5 Å². The number of benzene rings is 2. The zero-order valence-corrected chi connectivity index (χ0v) is 9.21. The van der Waals surface area contributed by atoms with Crippen molar-refractivity contribution in [2.45, 2.75) is 0 Å². The molecule has 0 unspecified atom stereocenters. The number of hydrogen-bond donors (Lipinski definition) is 1. The standard InChI is InChI=1S/C13H11F2NO/c1-17-12-6-5-8(7-11(12)16)13-9(14)3-2-4-10(13)15/h2-7H,16H2,1H3. The number of anilines is 1. The Labute approximate surface area is 97.6 Å². The number of ether oxygens (including phenoxy) is 1. The van der Waals surface area contributed by atoms with Gasteiger partial charge in [-0.05, 0) is 29.8 Å². The Hall–Kier alpha value is -2.10. The van der Waals surface area contributed by atoms with Crippen LogP contribution >= 0.6 is 0 Å². The highest BCUT2D eigenvalue weighted by molar-refractivity contribution is 5.71. The van der Waals surface area contributed by atoms with E-state index in [9.17, 15) is 8.78 Å². The molecule has 0 aliphatic heterocycles. The van der Waals surface area contributed by atoms with E-state index < -0.39 is 11.6 Å². The van der Waals surface area contributed by atoms with E-state index in [0.29, 0.717) is 17.0 Å². The summed E-state index contributed by atoms with van der Waals surface area (Å²) in [5.41, 5.74) is 6.35. The van der Waals surface area contributed by atoms with Crippen molar-refractivity contribution in [3.05, 3.63) is 48.0 Å². The van der Waals surface area contributed by atoms with Gasteiger partial charge in [-0.15, -0.1) is 0 Å². The summed E-state index contributed by atoms with van der Waals surface area (Å²) < 4.78 is 32.1. The van der Waals surface area contributed by atoms with Crippen molar-refractivity contribution in [2.75, 3.05) is 12.8 Å². The minimum Gasteiger partial charge on any atom is -0.495 e. The summed E-state index contributed by atoms with van der Waals surface area (Å²) in [6.07, 6.45) is 0. The molecular formula is C13H11F2NO. The first kappa shape index (κ1) is 11.4. The normalized spacial score (nSPS) is 10.3. The van der Waals surface area contributed by atoms with Gasteiger partial charge in [-0.1, -0.05) is 12.1 Å². The largest absolute Gasteiger partial charge is 0.495 e. The lowest BCUT2D eigenvalue weighted by molar-refractivity contribution is 0.417. The second-order valence-electron chi connectivity index (χ2n) is 3.55. The maximum Gasteiger partial charge on any atom is 0.141 e. The average molecular weight is 235 g/mol. The molecule has 0 saturated carbocycles. The van der Waals surface area contributed by atoms with Crippen LogP contribution in [0.5, 0.6) is 5.75 Å². The number of nitrogen functional groups attached to an aromatic ring is 1. The molecule has 0 aliphatic rings. The quantitative estimate of drug-likeness (QED) is 0.811. The van der Waals surface area contributed by atoms with Gasteiger partial charge in [0.2, 0.25) is 0 Å². The molecule has 0 saturated heterocycles. The second-order valence-corrected chi connectivity index (χ2v) is 3.55. The van der Waals surface area contributed by atoms with E-state index in [0.717, 1.165) is 0 Å². The Bertz CT molecular complexity index is 535. The average Bonchev–Trinajstić information content (AvgIpc) is 2.29. The van der Waals surface area contributed by atoms with Crippen molar-refractivity contribution in [1.82, 2.24) is 0 Å². The van der Waals surface area contributed by atoms with Gasteiger partial charge in [0.1, 0.15) is 17.4 Å². The van der Waals surface area contributed by atoms with Crippen LogP contribution in [0.3, 0.4) is 0 Å². The topological polar surface area (TPSA) is 35.2 Å². The molecule has 17 heavy (non-hydrogen) atoms. The minimum atomic E-state index is -0.616. The van der Waals surface area contributed by atoms with Crippen LogP contribution in [0.1, 0.15) is 0 Å². The fourth-order valence-electron chi connectivity index (χ4n) is 1.66. The summed E-state index contributed by atoms with van der Waals surface area (Å²) in [5, 5.41) is 0. The number of nitrogens with two attached hydrogens (primary N) is 1. The molecule has 0 fully saturated rings. The molecule has 0 aromatic heterocycles. The van der Waals surface area contributed by atoms with Crippen LogP contribution in [-0.4, -0.2) is 7.11 Å². The van der Waals surface area contributed by atoms with Gasteiger partial charge < -0.3 is 10.5 Å². The predicted octanol–water partition coefficient (Wildman–Crippen LogP) is 3.22. The van der Waals surface area contributed by atoms with Crippen molar-refractivity contribution in [1.29, 1.82) is 0 Å². The van der Waals surface area contributed by atoms with E-state index in [2.05, 4.69) is 0 Å². The van der Waals surface area contributed by atoms with Crippen LogP contribution in [0.4, 0.5) is 14.5 Å². The summed E-state index contributed by atoms with van der Waals surface area (Å²) in [5.74, 6) is -0.755. The Morgan fingerprint density at radius 2 is 1.71 bits per heavy atom. The molecule has 4 heteroatoms. The third-order valence-electron chi connectivity index (χ3n) is 2.48. The van der Waals surface area contributed by atoms with Gasteiger partial charge in [0.25, 0.3) is 0 Å². The highest BCUT2D eigenvalue weighted by Gasteiger charge is 2.12.